The van der Waals surface area contributed by atoms with Gasteiger partial charge in [0.1, 0.15) is 0 Å². The molecule has 4 nitrogen and oxygen atoms in total. The van der Waals surface area contributed by atoms with E-state index in [4.69, 9.17) is 0 Å². The molecule has 1 aliphatic carbocycles. The van der Waals surface area contributed by atoms with Gasteiger partial charge in [-0.2, -0.15) is 5.10 Å². The van der Waals surface area contributed by atoms with Crippen LogP contribution < -0.4 is 5.43 Å². The summed E-state index contributed by atoms with van der Waals surface area (Å²) in [6.07, 6.45) is 7.72. The molecule has 0 aromatic rings. The zero-order valence-corrected chi connectivity index (χ0v) is 12.3. The van der Waals surface area contributed by atoms with Crippen LogP contribution in [0.3, 0.4) is 0 Å². The number of likely N-dealkylation sites (tertiary alicyclic amines) is 1. The molecule has 2 aliphatic rings. The molecule has 2 fully saturated rings. The maximum Gasteiger partial charge on any atom is 0.243 e. The normalized spacial score (nSPS) is 22.6. The average molecular weight is 265 g/mol. The molecule has 0 aromatic carbocycles. The monoisotopic (exact) mass is 265 g/mol. The first-order chi connectivity index (χ1) is 9.16. The fourth-order valence-corrected chi connectivity index (χ4v) is 3.00. The summed E-state index contributed by atoms with van der Waals surface area (Å²) in [5.41, 5.74) is 3.95. The topological polar surface area (TPSA) is 44.7 Å². The zero-order valence-electron chi connectivity index (χ0n) is 12.3. The van der Waals surface area contributed by atoms with Crippen LogP contribution in [0.1, 0.15) is 58.8 Å². The Morgan fingerprint density at radius 2 is 1.84 bits per heavy atom. The van der Waals surface area contributed by atoms with Crippen molar-refractivity contribution < 1.29 is 4.79 Å². The van der Waals surface area contributed by atoms with Gasteiger partial charge in [0.15, 0.2) is 0 Å². The van der Waals surface area contributed by atoms with Gasteiger partial charge in [0.25, 0.3) is 0 Å². The average Bonchev–Trinajstić information content (AvgIpc) is 2.46. The van der Waals surface area contributed by atoms with Gasteiger partial charge in [0.2, 0.25) is 5.91 Å². The highest BCUT2D eigenvalue weighted by atomic mass is 16.2. The van der Waals surface area contributed by atoms with Crippen LogP contribution in [0, 0.1) is 5.92 Å². The minimum absolute atomic E-state index is 0.137. The minimum Gasteiger partial charge on any atom is -0.300 e. The van der Waals surface area contributed by atoms with E-state index in [1.165, 1.54) is 19.3 Å². The smallest absolute Gasteiger partial charge is 0.243 e. The minimum atomic E-state index is 0.137. The molecule has 19 heavy (non-hydrogen) atoms. The summed E-state index contributed by atoms with van der Waals surface area (Å²) < 4.78 is 0. The predicted octanol–water partition coefficient (Wildman–Crippen LogP) is 2.54. The van der Waals surface area contributed by atoms with E-state index < -0.39 is 0 Å². The van der Waals surface area contributed by atoms with Crippen molar-refractivity contribution in [3.8, 4) is 0 Å². The molecule has 0 bridgehead atoms. The number of amides is 1. The highest BCUT2D eigenvalue weighted by Crippen LogP contribution is 2.23. The Kier molecular flexibility index (Phi) is 5.37. The summed E-state index contributed by atoms with van der Waals surface area (Å²) in [4.78, 5) is 14.4. The largest absolute Gasteiger partial charge is 0.300 e. The summed E-state index contributed by atoms with van der Waals surface area (Å²) in [5, 5.41) is 4.34. The summed E-state index contributed by atoms with van der Waals surface area (Å²) >= 11 is 0. The van der Waals surface area contributed by atoms with Crippen molar-refractivity contribution in [2.45, 2.75) is 64.8 Å². The molecular formula is C15H27N3O. The molecule has 4 heteroatoms. The third kappa shape index (κ3) is 4.30. The van der Waals surface area contributed by atoms with Gasteiger partial charge < -0.3 is 4.90 Å². The number of hydrogen-bond acceptors (Lipinski definition) is 3. The van der Waals surface area contributed by atoms with Gasteiger partial charge in [-0.3, -0.25) is 4.79 Å². The van der Waals surface area contributed by atoms with E-state index in [0.29, 0.717) is 6.04 Å². The molecule has 0 unspecified atom stereocenters. The molecule has 0 radical (unpaired) electrons. The summed E-state index contributed by atoms with van der Waals surface area (Å²) in [5.74, 6) is 0.340. The Bertz CT molecular complexity index is 322. The molecule has 0 aromatic heterocycles. The number of nitrogens with zero attached hydrogens (tertiary/aromatic N) is 2. The Hall–Kier alpha value is -0.900. The van der Waals surface area contributed by atoms with E-state index in [9.17, 15) is 4.79 Å². The molecular weight excluding hydrogens is 238 g/mol. The second-order valence-electron chi connectivity index (χ2n) is 6.12. The Morgan fingerprint density at radius 1 is 1.21 bits per heavy atom. The molecule has 1 aliphatic heterocycles. The molecule has 1 N–H and O–H groups in total. The summed E-state index contributed by atoms with van der Waals surface area (Å²) in [7, 11) is 0. The number of carbonyl (C=O) groups is 1. The standard InChI is InChI=1S/C15H27N3O/c1-12(2)18-10-8-14(9-11-18)16-17-15(19)13-6-4-3-5-7-13/h12-13H,3-11H2,1-2H3,(H,17,19). The van der Waals surface area contributed by atoms with Crippen LogP contribution in [0.2, 0.25) is 0 Å². The maximum atomic E-state index is 12.0. The van der Waals surface area contributed by atoms with E-state index in [1.54, 1.807) is 0 Å². The van der Waals surface area contributed by atoms with Gasteiger partial charge in [-0.25, -0.2) is 5.43 Å². The lowest BCUT2D eigenvalue weighted by Crippen LogP contribution is -2.39. The first kappa shape index (κ1) is 14.5. The van der Waals surface area contributed by atoms with Crippen LogP contribution in [0.25, 0.3) is 0 Å². The molecule has 0 spiro atoms. The lowest BCUT2D eigenvalue weighted by Gasteiger charge is -2.30. The molecule has 108 valence electrons. The first-order valence-corrected chi connectivity index (χ1v) is 7.76. The summed E-state index contributed by atoms with van der Waals surface area (Å²) in [6, 6.07) is 0.610. The Morgan fingerprint density at radius 3 is 2.42 bits per heavy atom. The maximum absolute atomic E-state index is 12.0. The van der Waals surface area contributed by atoms with Crippen LogP contribution in [0.15, 0.2) is 5.10 Å². The Balaban J connectivity index is 1.75. The van der Waals surface area contributed by atoms with E-state index in [2.05, 4.69) is 29.3 Å². The number of nitrogens with one attached hydrogen (secondary N) is 1. The number of rotatable bonds is 3. The van der Waals surface area contributed by atoms with Crippen molar-refractivity contribution in [3.63, 3.8) is 0 Å². The number of hydrogen-bond donors (Lipinski definition) is 1. The van der Waals surface area contributed by atoms with Gasteiger partial charge in [-0.1, -0.05) is 19.3 Å². The highest BCUT2D eigenvalue weighted by molar-refractivity contribution is 5.87. The highest BCUT2D eigenvalue weighted by Gasteiger charge is 2.21. The van der Waals surface area contributed by atoms with Crippen LogP contribution >= 0.6 is 0 Å². The third-order valence-electron chi connectivity index (χ3n) is 4.41. The SMILES string of the molecule is CC(C)N1CCC(=NNC(=O)C2CCCCC2)CC1. The van der Waals surface area contributed by atoms with Crippen molar-refractivity contribution in [1.29, 1.82) is 0 Å². The zero-order chi connectivity index (χ0) is 13.7. The van der Waals surface area contributed by atoms with Gasteiger partial charge in [-0.05, 0) is 26.7 Å². The number of hydrazone groups is 1. The van der Waals surface area contributed by atoms with Crippen molar-refractivity contribution in [2.75, 3.05) is 13.1 Å². The fraction of sp³-hybridized carbons (Fsp3) is 0.867. The van der Waals surface area contributed by atoms with E-state index in [0.717, 1.165) is 44.5 Å². The van der Waals surface area contributed by atoms with E-state index in [1.807, 2.05) is 0 Å². The van der Waals surface area contributed by atoms with E-state index >= 15 is 0 Å². The fourth-order valence-electron chi connectivity index (χ4n) is 3.00. The second kappa shape index (κ2) is 7.04. The van der Waals surface area contributed by atoms with Crippen molar-refractivity contribution in [3.05, 3.63) is 0 Å². The molecule has 0 atom stereocenters. The van der Waals surface area contributed by atoms with Crippen LogP contribution in [0.4, 0.5) is 0 Å². The van der Waals surface area contributed by atoms with E-state index in [-0.39, 0.29) is 11.8 Å². The van der Waals surface area contributed by atoms with Gasteiger partial charge in [0, 0.05) is 43.6 Å². The molecule has 1 saturated carbocycles. The lowest BCUT2D eigenvalue weighted by atomic mass is 9.89. The van der Waals surface area contributed by atoms with Crippen molar-refractivity contribution in [1.82, 2.24) is 10.3 Å². The molecule has 2 rings (SSSR count). The van der Waals surface area contributed by atoms with Gasteiger partial charge in [-0.15, -0.1) is 0 Å². The number of carbonyl (C=O) groups excluding carboxylic acids is 1. The number of piperidine rings is 1. The predicted molar refractivity (Wildman–Crippen MR) is 78.1 cm³/mol. The first-order valence-electron chi connectivity index (χ1n) is 7.76. The van der Waals surface area contributed by atoms with Gasteiger partial charge in [0.05, 0.1) is 0 Å². The third-order valence-corrected chi connectivity index (χ3v) is 4.41. The van der Waals surface area contributed by atoms with Crippen LogP contribution in [-0.2, 0) is 4.79 Å². The van der Waals surface area contributed by atoms with Crippen molar-refractivity contribution >= 4 is 11.6 Å². The summed E-state index contributed by atoms with van der Waals surface area (Å²) in [6.45, 7) is 6.59. The molecule has 1 heterocycles. The van der Waals surface area contributed by atoms with Crippen LogP contribution in [-0.4, -0.2) is 35.7 Å². The van der Waals surface area contributed by atoms with Crippen LogP contribution in [0.5, 0.6) is 0 Å². The lowest BCUT2D eigenvalue weighted by molar-refractivity contribution is -0.125. The quantitative estimate of drug-likeness (QED) is 0.797. The van der Waals surface area contributed by atoms with Crippen molar-refractivity contribution in [2.24, 2.45) is 11.0 Å². The molecule has 1 amide bonds. The Labute approximate surface area is 116 Å². The van der Waals surface area contributed by atoms with Gasteiger partial charge >= 0.3 is 0 Å². The molecule has 1 saturated heterocycles. The second-order valence-corrected chi connectivity index (χ2v) is 6.12.